The van der Waals surface area contributed by atoms with Gasteiger partial charge in [-0.15, -0.1) is 0 Å². The van der Waals surface area contributed by atoms with Crippen LogP contribution in [0.4, 0.5) is 8.78 Å². The molecule has 1 aliphatic heterocycles. The van der Waals surface area contributed by atoms with Crippen molar-refractivity contribution < 1.29 is 18.7 Å². The molecule has 3 rings (SSSR count). The zero-order valence-electron chi connectivity index (χ0n) is 17.8. The number of nitrogens with two attached hydrogens (primary N) is 2. The molecule has 174 valence electrons. The van der Waals surface area contributed by atoms with E-state index in [4.69, 9.17) is 34.7 Å². The van der Waals surface area contributed by atoms with Gasteiger partial charge in [-0.2, -0.15) is 0 Å². The smallest absolute Gasteiger partial charge is 0.321 e. The highest BCUT2D eigenvalue weighted by atomic mass is 35.5. The second-order valence-electron chi connectivity index (χ2n) is 9.12. The van der Waals surface area contributed by atoms with Gasteiger partial charge in [0, 0.05) is 22.5 Å². The van der Waals surface area contributed by atoms with Crippen LogP contribution in [0.15, 0.2) is 36.4 Å². The predicted molar refractivity (Wildman–Crippen MR) is 122 cm³/mol. The Bertz CT molecular complexity index is 1020. The molecule has 0 unspecified atom stereocenters. The molecule has 32 heavy (non-hydrogen) atoms. The maximum atomic E-state index is 15.2. The van der Waals surface area contributed by atoms with E-state index in [1.54, 1.807) is 0 Å². The third-order valence-corrected chi connectivity index (χ3v) is 6.89. The van der Waals surface area contributed by atoms with Gasteiger partial charge in [-0.05, 0) is 48.6 Å². The minimum absolute atomic E-state index is 0.00776. The number of rotatable bonds is 7. The summed E-state index contributed by atoms with van der Waals surface area (Å²) in [4.78, 5) is 12.3. The van der Waals surface area contributed by atoms with E-state index >= 15 is 8.78 Å². The number of nitrogens with one attached hydrogen (secondary N) is 1. The molecule has 2 aromatic rings. The Morgan fingerprint density at radius 2 is 1.94 bits per heavy atom. The molecule has 1 saturated heterocycles. The summed E-state index contributed by atoms with van der Waals surface area (Å²) in [5.41, 5.74) is 10.8. The SMILES string of the molecule is CC(C)(CCN)C[C@@H]1N[C@@H](C(=O)O)[C@H](c2cccc(Cl)c2F)[C@@]1(N)c1ccc(Cl)cc1F. The van der Waals surface area contributed by atoms with Crippen LogP contribution in [-0.4, -0.2) is 29.7 Å². The Morgan fingerprint density at radius 3 is 2.53 bits per heavy atom. The summed E-state index contributed by atoms with van der Waals surface area (Å²) < 4.78 is 30.4. The maximum Gasteiger partial charge on any atom is 0.321 e. The van der Waals surface area contributed by atoms with Gasteiger partial charge in [0.1, 0.15) is 17.7 Å². The second-order valence-corrected chi connectivity index (χ2v) is 9.96. The molecule has 4 atom stereocenters. The van der Waals surface area contributed by atoms with E-state index in [2.05, 4.69) is 5.32 Å². The van der Waals surface area contributed by atoms with Crippen molar-refractivity contribution in [1.82, 2.24) is 5.32 Å². The Morgan fingerprint density at radius 1 is 1.25 bits per heavy atom. The first-order valence-electron chi connectivity index (χ1n) is 10.3. The first-order chi connectivity index (χ1) is 14.9. The van der Waals surface area contributed by atoms with E-state index in [0.29, 0.717) is 19.4 Å². The number of hydrogen-bond donors (Lipinski definition) is 4. The van der Waals surface area contributed by atoms with Gasteiger partial charge in [-0.1, -0.05) is 55.2 Å². The van der Waals surface area contributed by atoms with Crippen LogP contribution >= 0.6 is 23.2 Å². The van der Waals surface area contributed by atoms with E-state index in [-0.39, 0.29) is 26.6 Å². The van der Waals surface area contributed by atoms with Gasteiger partial charge in [0.25, 0.3) is 0 Å². The van der Waals surface area contributed by atoms with Crippen LogP contribution in [-0.2, 0) is 10.3 Å². The summed E-state index contributed by atoms with van der Waals surface area (Å²) in [6.45, 7) is 4.37. The highest BCUT2D eigenvalue weighted by Gasteiger charge is 2.58. The van der Waals surface area contributed by atoms with Crippen LogP contribution < -0.4 is 16.8 Å². The van der Waals surface area contributed by atoms with Gasteiger partial charge in [0.05, 0.1) is 10.6 Å². The third-order valence-electron chi connectivity index (χ3n) is 6.36. The zero-order valence-corrected chi connectivity index (χ0v) is 19.4. The van der Waals surface area contributed by atoms with Crippen LogP contribution in [0.1, 0.15) is 43.7 Å². The molecule has 0 spiro atoms. The Labute approximate surface area is 196 Å². The van der Waals surface area contributed by atoms with Crippen molar-refractivity contribution in [3.8, 4) is 0 Å². The first-order valence-corrected chi connectivity index (χ1v) is 11.0. The minimum atomic E-state index is -1.62. The molecule has 5 nitrogen and oxygen atoms in total. The second kappa shape index (κ2) is 9.23. The van der Waals surface area contributed by atoms with Gasteiger partial charge >= 0.3 is 5.97 Å². The lowest BCUT2D eigenvalue weighted by Crippen LogP contribution is -2.52. The fourth-order valence-electron chi connectivity index (χ4n) is 4.82. The summed E-state index contributed by atoms with van der Waals surface area (Å²) in [6.07, 6.45) is 1.02. The summed E-state index contributed by atoms with van der Waals surface area (Å²) in [5, 5.41) is 13.1. The van der Waals surface area contributed by atoms with Gasteiger partial charge in [-0.25, -0.2) is 8.78 Å². The number of carbonyl (C=O) groups is 1. The molecule has 6 N–H and O–H groups in total. The van der Waals surface area contributed by atoms with Gasteiger partial charge in [0.15, 0.2) is 0 Å². The van der Waals surface area contributed by atoms with Crippen molar-refractivity contribution >= 4 is 29.2 Å². The topological polar surface area (TPSA) is 101 Å². The maximum absolute atomic E-state index is 15.2. The van der Waals surface area contributed by atoms with Crippen molar-refractivity contribution in [2.75, 3.05) is 6.54 Å². The average Bonchev–Trinajstić information content (AvgIpc) is 2.96. The Balaban J connectivity index is 2.27. The van der Waals surface area contributed by atoms with Crippen molar-refractivity contribution in [3.63, 3.8) is 0 Å². The minimum Gasteiger partial charge on any atom is -0.480 e. The number of halogens is 4. The van der Waals surface area contributed by atoms with E-state index in [9.17, 15) is 9.90 Å². The van der Waals surface area contributed by atoms with E-state index in [0.717, 1.165) is 6.07 Å². The Kier molecular flexibility index (Phi) is 7.17. The molecule has 0 aliphatic carbocycles. The molecule has 0 amide bonds. The fraction of sp³-hybridized carbons (Fsp3) is 0.435. The highest BCUT2D eigenvalue weighted by Crippen LogP contribution is 2.50. The number of carboxylic acids is 1. The lowest BCUT2D eigenvalue weighted by Gasteiger charge is -2.40. The highest BCUT2D eigenvalue weighted by molar-refractivity contribution is 6.31. The standard InChI is InChI=1S/C23H27Cl2F2N3O2/c1-22(2,8-9-28)11-17-23(29,14-7-6-12(24)10-16(14)26)18(20(30-17)21(31)32)13-4-3-5-15(25)19(13)27/h3-7,10,17-18,20,30H,8-9,11,28-29H2,1-2H3,(H,31,32)/t17-,18-,20+,23+/m0/s1. The van der Waals surface area contributed by atoms with E-state index in [1.165, 1.54) is 30.3 Å². The lowest BCUT2D eigenvalue weighted by atomic mass is 9.67. The van der Waals surface area contributed by atoms with Gasteiger partial charge in [0.2, 0.25) is 0 Å². The van der Waals surface area contributed by atoms with E-state index in [1.807, 2.05) is 13.8 Å². The molecular formula is C23H27Cl2F2N3O2. The van der Waals surface area contributed by atoms with Gasteiger partial charge < -0.3 is 16.6 Å². The van der Waals surface area contributed by atoms with Gasteiger partial charge in [-0.3, -0.25) is 10.1 Å². The summed E-state index contributed by atoms with van der Waals surface area (Å²) in [6, 6.07) is 6.37. The number of carboxylic acid groups (broad SMARTS) is 1. The molecular weight excluding hydrogens is 459 g/mol. The first kappa shape index (κ1) is 24.9. The number of benzene rings is 2. The summed E-state index contributed by atoms with van der Waals surface area (Å²) in [7, 11) is 0. The van der Waals surface area contributed by atoms with Crippen LogP contribution in [0, 0.1) is 17.0 Å². The molecule has 0 radical (unpaired) electrons. The predicted octanol–water partition coefficient (Wildman–Crippen LogP) is 4.40. The van der Waals surface area contributed by atoms with Crippen molar-refractivity contribution in [1.29, 1.82) is 0 Å². The van der Waals surface area contributed by atoms with Crippen LogP contribution in [0.25, 0.3) is 0 Å². The number of hydrogen-bond acceptors (Lipinski definition) is 4. The van der Waals surface area contributed by atoms with Crippen LogP contribution in [0.5, 0.6) is 0 Å². The van der Waals surface area contributed by atoms with Crippen molar-refractivity contribution in [2.45, 2.75) is 50.2 Å². The summed E-state index contributed by atoms with van der Waals surface area (Å²) in [5.74, 6) is -3.84. The average molecular weight is 486 g/mol. The quantitative estimate of drug-likeness (QED) is 0.465. The lowest BCUT2D eigenvalue weighted by molar-refractivity contribution is -0.139. The molecule has 2 aromatic carbocycles. The summed E-state index contributed by atoms with van der Waals surface area (Å²) >= 11 is 12.0. The monoisotopic (exact) mass is 485 g/mol. The zero-order chi connectivity index (χ0) is 23.8. The largest absolute Gasteiger partial charge is 0.480 e. The molecule has 9 heteroatoms. The van der Waals surface area contributed by atoms with Crippen molar-refractivity contribution in [3.05, 3.63) is 69.2 Å². The van der Waals surface area contributed by atoms with Crippen LogP contribution in [0.3, 0.4) is 0 Å². The van der Waals surface area contributed by atoms with Crippen molar-refractivity contribution in [2.24, 2.45) is 16.9 Å². The Hall–Kier alpha value is -1.77. The van der Waals surface area contributed by atoms with E-state index < -0.39 is 41.1 Å². The molecule has 0 aromatic heterocycles. The fourth-order valence-corrected chi connectivity index (χ4v) is 5.16. The molecule has 0 bridgehead atoms. The molecule has 1 heterocycles. The molecule has 1 fully saturated rings. The third kappa shape index (κ3) is 4.50. The number of aliphatic carboxylic acids is 1. The normalized spacial score (nSPS) is 25.8. The molecule has 1 aliphatic rings. The molecule has 0 saturated carbocycles. The van der Waals surface area contributed by atoms with Crippen LogP contribution in [0.2, 0.25) is 10.0 Å².